The highest BCUT2D eigenvalue weighted by molar-refractivity contribution is 5.90. The maximum Gasteiger partial charge on any atom is 0.338 e. The molecule has 1 aliphatic rings. The van der Waals surface area contributed by atoms with Gasteiger partial charge in [-0.1, -0.05) is 18.2 Å². The standard InChI is InChI=1S/C17H25NO3/c1-17(21-3)9-6-11-18(12-10-17)13-14-7-4-5-8-15(14)16(19)20-2/h4-5,7-8H,6,9-13H2,1-3H3/t17-/m0/s1. The fourth-order valence-electron chi connectivity index (χ4n) is 2.88. The van der Waals surface area contributed by atoms with E-state index in [-0.39, 0.29) is 11.6 Å². The van der Waals surface area contributed by atoms with Crippen LogP contribution in [0.5, 0.6) is 0 Å². The summed E-state index contributed by atoms with van der Waals surface area (Å²) in [7, 11) is 3.22. The topological polar surface area (TPSA) is 38.8 Å². The van der Waals surface area contributed by atoms with Crippen LogP contribution < -0.4 is 0 Å². The van der Waals surface area contributed by atoms with Gasteiger partial charge in [-0.3, -0.25) is 4.90 Å². The lowest BCUT2D eigenvalue weighted by Crippen LogP contribution is -2.30. The molecule has 4 nitrogen and oxygen atoms in total. The number of rotatable bonds is 4. The average Bonchev–Trinajstić information content (AvgIpc) is 2.70. The van der Waals surface area contributed by atoms with Crippen molar-refractivity contribution in [2.45, 2.75) is 38.3 Å². The Morgan fingerprint density at radius 3 is 2.71 bits per heavy atom. The molecule has 1 heterocycles. The minimum atomic E-state index is -0.262. The van der Waals surface area contributed by atoms with Crippen molar-refractivity contribution < 1.29 is 14.3 Å². The van der Waals surface area contributed by atoms with E-state index < -0.39 is 0 Å². The lowest BCUT2D eigenvalue weighted by Gasteiger charge is -2.26. The zero-order valence-electron chi connectivity index (χ0n) is 13.2. The van der Waals surface area contributed by atoms with Crippen LogP contribution in [-0.2, 0) is 16.0 Å². The number of carbonyl (C=O) groups is 1. The Bertz CT molecular complexity index is 489. The van der Waals surface area contributed by atoms with Crippen molar-refractivity contribution in [2.75, 3.05) is 27.3 Å². The maximum absolute atomic E-state index is 11.8. The molecule has 0 unspecified atom stereocenters. The van der Waals surface area contributed by atoms with Crippen LogP contribution in [0.4, 0.5) is 0 Å². The molecule has 1 fully saturated rings. The van der Waals surface area contributed by atoms with Gasteiger partial charge in [0.05, 0.1) is 18.3 Å². The van der Waals surface area contributed by atoms with E-state index in [0.717, 1.165) is 44.5 Å². The third-order valence-corrected chi connectivity index (χ3v) is 4.45. The second-order valence-electron chi connectivity index (χ2n) is 5.93. The number of carbonyl (C=O) groups excluding carboxylic acids is 1. The maximum atomic E-state index is 11.8. The van der Waals surface area contributed by atoms with Gasteiger partial charge in [-0.2, -0.15) is 0 Å². The Labute approximate surface area is 127 Å². The van der Waals surface area contributed by atoms with E-state index in [4.69, 9.17) is 9.47 Å². The van der Waals surface area contributed by atoms with Crippen LogP contribution in [0.3, 0.4) is 0 Å². The molecule has 0 bridgehead atoms. The van der Waals surface area contributed by atoms with E-state index in [1.807, 2.05) is 24.3 Å². The zero-order chi connectivity index (χ0) is 15.3. The highest BCUT2D eigenvalue weighted by atomic mass is 16.5. The predicted molar refractivity (Wildman–Crippen MR) is 82.3 cm³/mol. The number of esters is 1. The summed E-state index contributed by atoms with van der Waals surface area (Å²) in [6.07, 6.45) is 3.22. The normalized spacial score (nSPS) is 23.6. The molecule has 21 heavy (non-hydrogen) atoms. The molecular formula is C17H25NO3. The molecule has 1 aromatic rings. The largest absolute Gasteiger partial charge is 0.465 e. The van der Waals surface area contributed by atoms with Crippen molar-refractivity contribution in [3.8, 4) is 0 Å². The molecule has 1 saturated heterocycles. The second kappa shape index (κ2) is 7.05. The number of hydrogen-bond donors (Lipinski definition) is 0. The number of methoxy groups -OCH3 is 2. The highest BCUT2D eigenvalue weighted by Crippen LogP contribution is 2.26. The van der Waals surface area contributed by atoms with Gasteiger partial charge in [0.25, 0.3) is 0 Å². The first-order valence-corrected chi connectivity index (χ1v) is 7.52. The summed E-state index contributed by atoms with van der Waals surface area (Å²) in [6, 6.07) is 7.68. The molecule has 1 aliphatic heterocycles. The van der Waals surface area contributed by atoms with Gasteiger partial charge < -0.3 is 9.47 Å². The average molecular weight is 291 g/mol. The van der Waals surface area contributed by atoms with Crippen molar-refractivity contribution in [3.63, 3.8) is 0 Å². The predicted octanol–water partition coefficient (Wildman–Crippen LogP) is 2.86. The van der Waals surface area contributed by atoms with Crippen LogP contribution in [0.25, 0.3) is 0 Å². The van der Waals surface area contributed by atoms with E-state index in [9.17, 15) is 4.79 Å². The van der Waals surface area contributed by atoms with Gasteiger partial charge in [-0.15, -0.1) is 0 Å². The van der Waals surface area contributed by atoms with Crippen LogP contribution in [0.15, 0.2) is 24.3 Å². The fourth-order valence-corrected chi connectivity index (χ4v) is 2.88. The van der Waals surface area contributed by atoms with Crippen molar-refractivity contribution in [1.29, 1.82) is 0 Å². The Morgan fingerprint density at radius 1 is 1.24 bits per heavy atom. The first-order chi connectivity index (χ1) is 10.1. The molecular weight excluding hydrogens is 266 g/mol. The Balaban J connectivity index is 2.07. The summed E-state index contributed by atoms with van der Waals surface area (Å²) in [5.41, 5.74) is 1.68. The van der Waals surface area contributed by atoms with Crippen molar-refractivity contribution in [2.24, 2.45) is 0 Å². The van der Waals surface area contributed by atoms with Gasteiger partial charge in [0.1, 0.15) is 0 Å². The lowest BCUT2D eigenvalue weighted by atomic mass is 9.97. The molecule has 116 valence electrons. The molecule has 1 atom stereocenters. The molecule has 0 radical (unpaired) electrons. The molecule has 0 aromatic heterocycles. The van der Waals surface area contributed by atoms with Gasteiger partial charge in [0.2, 0.25) is 0 Å². The highest BCUT2D eigenvalue weighted by Gasteiger charge is 2.27. The summed E-state index contributed by atoms with van der Waals surface area (Å²) >= 11 is 0. The monoisotopic (exact) mass is 291 g/mol. The fraction of sp³-hybridized carbons (Fsp3) is 0.588. The van der Waals surface area contributed by atoms with Crippen LogP contribution in [-0.4, -0.2) is 43.8 Å². The molecule has 0 spiro atoms. The Morgan fingerprint density at radius 2 is 2.00 bits per heavy atom. The quantitative estimate of drug-likeness (QED) is 0.800. The smallest absolute Gasteiger partial charge is 0.338 e. The van der Waals surface area contributed by atoms with Crippen LogP contribution >= 0.6 is 0 Å². The lowest BCUT2D eigenvalue weighted by molar-refractivity contribution is -0.00585. The first kappa shape index (κ1) is 16.0. The molecule has 2 rings (SSSR count). The third kappa shape index (κ3) is 4.05. The minimum absolute atomic E-state index is 0.0172. The zero-order valence-corrected chi connectivity index (χ0v) is 13.2. The van der Waals surface area contributed by atoms with E-state index in [1.165, 1.54) is 7.11 Å². The van der Waals surface area contributed by atoms with E-state index in [0.29, 0.717) is 5.56 Å². The van der Waals surface area contributed by atoms with Crippen molar-refractivity contribution >= 4 is 5.97 Å². The van der Waals surface area contributed by atoms with Crippen molar-refractivity contribution in [1.82, 2.24) is 4.90 Å². The van der Waals surface area contributed by atoms with Gasteiger partial charge in [0, 0.05) is 20.2 Å². The van der Waals surface area contributed by atoms with Gasteiger partial charge in [-0.05, 0) is 44.4 Å². The van der Waals surface area contributed by atoms with Gasteiger partial charge in [-0.25, -0.2) is 4.79 Å². The Hall–Kier alpha value is -1.39. The van der Waals surface area contributed by atoms with Crippen LogP contribution in [0.1, 0.15) is 42.1 Å². The first-order valence-electron chi connectivity index (χ1n) is 7.52. The summed E-state index contributed by atoms with van der Waals surface area (Å²) < 4.78 is 10.5. The summed E-state index contributed by atoms with van der Waals surface area (Å²) in [6.45, 7) is 4.98. The van der Waals surface area contributed by atoms with E-state index in [1.54, 1.807) is 7.11 Å². The number of nitrogens with zero attached hydrogens (tertiary/aromatic N) is 1. The Kier molecular flexibility index (Phi) is 5.37. The molecule has 0 N–H and O–H groups in total. The van der Waals surface area contributed by atoms with Crippen LogP contribution in [0.2, 0.25) is 0 Å². The SMILES string of the molecule is COC(=O)c1ccccc1CN1CCC[C@](C)(OC)CC1. The van der Waals surface area contributed by atoms with E-state index >= 15 is 0 Å². The van der Waals surface area contributed by atoms with Crippen molar-refractivity contribution in [3.05, 3.63) is 35.4 Å². The summed E-state index contributed by atoms with van der Waals surface area (Å²) in [4.78, 5) is 14.2. The number of benzene rings is 1. The molecule has 0 aliphatic carbocycles. The van der Waals surface area contributed by atoms with E-state index in [2.05, 4.69) is 11.8 Å². The molecule has 1 aromatic carbocycles. The molecule has 0 amide bonds. The van der Waals surface area contributed by atoms with Crippen LogP contribution in [0, 0.1) is 0 Å². The number of ether oxygens (including phenoxy) is 2. The van der Waals surface area contributed by atoms with Gasteiger partial charge in [0.15, 0.2) is 0 Å². The number of likely N-dealkylation sites (tertiary alicyclic amines) is 1. The minimum Gasteiger partial charge on any atom is -0.465 e. The summed E-state index contributed by atoms with van der Waals surface area (Å²) in [5, 5.41) is 0. The summed E-state index contributed by atoms with van der Waals surface area (Å²) in [5.74, 6) is -0.262. The third-order valence-electron chi connectivity index (χ3n) is 4.45. The van der Waals surface area contributed by atoms with Gasteiger partial charge >= 0.3 is 5.97 Å². The number of hydrogen-bond acceptors (Lipinski definition) is 4. The molecule has 0 saturated carbocycles. The second-order valence-corrected chi connectivity index (χ2v) is 5.93. The molecule has 4 heteroatoms.